The Bertz CT molecular complexity index is 674. The average molecular weight is 390 g/mol. The number of benzene rings is 1. The van der Waals surface area contributed by atoms with E-state index in [9.17, 15) is 18.0 Å². The molecule has 0 saturated heterocycles. The van der Waals surface area contributed by atoms with Gasteiger partial charge in [0.1, 0.15) is 0 Å². The number of hydrogen-bond donors (Lipinski definition) is 2. The molecule has 0 atom stereocenters. The summed E-state index contributed by atoms with van der Waals surface area (Å²) < 4.78 is 26.3. The Kier molecular flexibility index (Phi) is 8.51. The molecule has 0 fully saturated rings. The molecule has 1 aromatic rings. The second-order valence-electron chi connectivity index (χ2n) is 5.62. The van der Waals surface area contributed by atoms with E-state index >= 15 is 0 Å². The van der Waals surface area contributed by atoms with Crippen LogP contribution in [0.5, 0.6) is 0 Å². The predicted molar refractivity (Wildman–Crippen MR) is 98.6 cm³/mol. The lowest BCUT2D eigenvalue weighted by molar-refractivity contribution is 0.0654. The minimum absolute atomic E-state index is 0. The summed E-state index contributed by atoms with van der Waals surface area (Å²) in [5.74, 6) is -0.830. The normalized spacial score (nSPS) is 13.7. The number of carbonyl (C=O) groups is 2. The Balaban J connectivity index is 0.00000312. The largest absolute Gasteiger partial charge is 0.315 e. The van der Waals surface area contributed by atoms with Crippen LogP contribution < -0.4 is 10.0 Å². The van der Waals surface area contributed by atoms with Crippen LogP contribution >= 0.6 is 12.4 Å². The zero-order valence-corrected chi connectivity index (χ0v) is 15.8. The van der Waals surface area contributed by atoms with Gasteiger partial charge in [-0.3, -0.25) is 14.5 Å². The standard InChI is InChI=1S/C16H23N3O4S.ClH/c1-2-8-17-9-10-18-24(22,23)12-5-11-19-15(20)13-6-3-4-7-14(13)16(19)21;/h3-4,6-7,17-18H,2,5,8-12H2,1H3;1H. The van der Waals surface area contributed by atoms with Crippen molar-refractivity contribution in [3.05, 3.63) is 35.4 Å². The van der Waals surface area contributed by atoms with Crippen LogP contribution in [-0.4, -0.2) is 57.1 Å². The van der Waals surface area contributed by atoms with E-state index < -0.39 is 10.0 Å². The summed E-state index contributed by atoms with van der Waals surface area (Å²) >= 11 is 0. The van der Waals surface area contributed by atoms with E-state index in [1.807, 2.05) is 6.92 Å². The Morgan fingerprint density at radius 3 is 2.16 bits per heavy atom. The molecule has 7 nitrogen and oxygen atoms in total. The third kappa shape index (κ3) is 5.78. The lowest BCUT2D eigenvalue weighted by Gasteiger charge is -2.14. The van der Waals surface area contributed by atoms with Gasteiger partial charge in [-0.15, -0.1) is 12.4 Å². The van der Waals surface area contributed by atoms with E-state index in [1.165, 1.54) is 0 Å². The molecule has 0 aromatic heterocycles. The zero-order valence-electron chi connectivity index (χ0n) is 14.2. The topological polar surface area (TPSA) is 95.6 Å². The van der Waals surface area contributed by atoms with Gasteiger partial charge < -0.3 is 5.32 Å². The van der Waals surface area contributed by atoms with Crippen molar-refractivity contribution in [2.45, 2.75) is 19.8 Å². The monoisotopic (exact) mass is 389 g/mol. The smallest absolute Gasteiger partial charge is 0.261 e. The highest BCUT2D eigenvalue weighted by Gasteiger charge is 2.34. The highest BCUT2D eigenvalue weighted by atomic mass is 35.5. The summed E-state index contributed by atoms with van der Waals surface area (Å²) in [6.07, 6.45) is 1.20. The number of halogens is 1. The van der Waals surface area contributed by atoms with Crippen molar-refractivity contribution < 1.29 is 18.0 Å². The van der Waals surface area contributed by atoms with E-state index in [2.05, 4.69) is 10.0 Å². The summed E-state index contributed by atoms with van der Waals surface area (Å²) in [4.78, 5) is 25.4. The number of sulfonamides is 1. The molecule has 2 N–H and O–H groups in total. The van der Waals surface area contributed by atoms with E-state index in [0.29, 0.717) is 24.2 Å². The van der Waals surface area contributed by atoms with Gasteiger partial charge in [0.15, 0.2) is 0 Å². The van der Waals surface area contributed by atoms with Gasteiger partial charge in [0.05, 0.1) is 16.9 Å². The number of hydrogen-bond acceptors (Lipinski definition) is 5. The molecule has 1 aliphatic rings. The van der Waals surface area contributed by atoms with Crippen molar-refractivity contribution in [2.75, 3.05) is 31.9 Å². The lowest BCUT2D eigenvalue weighted by atomic mass is 10.1. The van der Waals surface area contributed by atoms with Crippen LogP contribution in [0, 0.1) is 0 Å². The fourth-order valence-corrected chi connectivity index (χ4v) is 3.59. The predicted octanol–water partition coefficient (Wildman–Crippen LogP) is 1.01. The lowest BCUT2D eigenvalue weighted by Crippen LogP contribution is -2.36. The van der Waals surface area contributed by atoms with Crippen LogP contribution in [0.2, 0.25) is 0 Å². The van der Waals surface area contributed by atoms with Crippen LogP contribution in [-0.2, 0) is 10.0 Å². The van der Waals surface area contributed by atoms with Crippen molar-refractivity contribution in [1.82, 2.24) is 14.9 Å². The highest BCUT2D eigenvalue weighted by molar-refractivity contribution is 7.89. The van der Waals surface area contributed by atoms with Crippen LogP contribution in [0.1, 0.15) is 40.5 Å². The quantitative estimate of drug-likeness (QED) is 0.460. The fourth-order valence-electron chi connectivity index (χ4n) is 2.52. The Morgan fingerprint density at radius 1 is 1.00 bits per heavy atom. The summed E-state index contributed by atoms with van der Waals surface area (Å²) in [5, 5.41) is 3.11. The van der Waals surface area contributed by atoms with Gasteiger partial charge in [-0.1, -0.05) is 19.1 Å². The molecular weight excluding hydrogens is 366 g/mol. The van der Waals surface area contributed by atoms with Gasteiger partial charge in [-0.25, -0.2) is 13.1 Å². The Morgan fingerprint density at radius 2 is 1.60 bits per heavy atom. The first-order valence-corrected chi connectivity index (χ1v) is 9.75. The van der Waals surface area contributed by atoms with Gasteiger partial charge in [0.2, 0.25) is 10.0 Å². The second-order valence-corrected chi connectivity index (χ2v) is 7.55. The molecular formula is C16H24ClN3O4S. The number of rotatable bonds is 10. The van der Waals surface area contributed by atoms with Gasteiger partial charge >= 0.3 is 0 Å². The number of nitrogens with one attached hydrogen (secondary N) is 2. The van der Waals surface area contributed by atoms with Crippen LogP contribution in [0.15, 0.2) is 24.3 Å². The molecule has 1 heterocycles. The van der Waals surface area contributed by atoms with Crippen molar-refractivity contribution in [1.29, 1.82) is 0 Å². The third-order valence-corrected chi connectivity index (χ3v) is 5.19. The van der Waals surface area contributed by atoms with Gasteiger partial charge in [-0.05, 0) is 31.5 Å². The molecule has 0 bridgehead atoms. The first-order chi connectivity index (χ1) is 11.5. The van der Waals surface area contributed by atoms with Crippen LogP contribution in [0.4, 0.5) is 0 Å². The molecule has 0 spiro atoms. The first-order valence-electron chi connectivity index (χ1n) is 8.09. The summed E-state index contributed by atoms with van der Waals surface area (Å²) in [6.45, 7) is 3.89. The molecule has 2 amide bonds. The van der Waals surface area contributed by atoms with Crippen molar-refractivity contribution in [2.24, 2.45) is 0 Å². The molecule has 1 aromatic carbocycles. The van der Waals surface area contributed by atoms with Crippen molar-refractivity contribution in [3.8, 4) is 0 Å². The van der Waals surface area contributed by atoms with Crippen molar-refractivity contribution in [3.63, 3.8) is 0 Å². The molecule has 25 heavy (non-hydrogen) atoms. The summed E-state index contributed by atoms with van der Waals surface area (Å²) in [6, 6.07) is 6.62. The second kappa shape index (κ2) is 9.86. The molecule has 0 radical (unpaired) electrons. The van der Waals surface area contributed by atoms with E-state index in [4.69, 9.17) is 0 Å². The molecule has 2 rings (SSSR count). The highest BCUT2D eigenvalue weighted by Crippen LogP contribution is 2.22. The maximum atomic E-state index is 12.2. The molecule has 9 heteroatoms. The fraction of sp³-hybridized carbons (Fsp3) is 0.500. The Labute approximate surface area is 154 Å². The number of amides is 2. The number of imide groups is 1. The number of fused-ring (bicyclic) bond motifs is 1. The van der Waals surface area contributed by atoms with Crippen molar-refractivity contribution >= 4 is 34.2 Å². The minimum atomic E-state index is -3.40. The van der Waals surface area contributed by atoms with Gasteiger partial charge in [0.25, 0.3) is 11.8 Å². The average Bonchev–Trinajstić information content (AvgIpc) is 2.80. The van der Waals surface area contributed by atoms with Crippen LogP contribution in [0.25, 0.3) is 0 Å². The van der Waals surface area contributed by atoms with E-state index in [-0.39, 0.29) is 42.9 Å². The SMILES string of the molecule is CCCNCCNS(=O)(=O)CCCN1C(=O)c2ccccc2C1=O.Cl. The molecule has 140 valence electrons. The first kappa shape index (κ1) is 21.6. The number of carbonyl (C=O) groups excluding carboxylic acids is 2. The number of nitrogens with zero attached hydrogens (tertiary/aromatic N) is 1. The molecule has 0 aliphatic carbocycles. The Hall–Kier alpha value is -1.48. The zero-order chi connectivity index (χ0) is 17.6. The van der Waals surface area contributed by atoms with Gasteiger partial charge in [0, 0.05) is 19.6 Å². The molecule has 0 unspecified atom stereocenters. The summed E-state index contributed by atoms with van der Waals surface area (Å²) in [7, 11) is -3.40. The van der Waals surface area contributed by atoms with Crippen LogP contribution in [0.3, 0.4) is 0 Å². The van der Waals surface area contributed by atoms with E-state index in [1.54, 1.807) is 24.3 Å². The maximum absolute atomic E-state index is 12.2. The molecule has 1 aliphatic heterocycles. The maximum Gasteiger partial charge on any atom is 0.261 e. The minimum Gasteiger partial charge on any atom is -0.315 e. The van der Waals surface area contributed by atoms with E-state index in [0.717, 1.165) is 17.9 Å². The molecule has 0 saturated carbocycles. The third-order valence-electron chi connectivity index (χ3n) is 3.72. The van der Waals surface area contributed by atoms with Gasteiger partial charge in [-0.2, -0.15) is 0 Å². The summed E-state index contributed by atoms with van der Waals surface area (Å²) in [5.41, 5.74) is 0.760.